The number of hydrogen-bond acceptors (Lipinski definition) is 2. The summed E-state index contributed by atoms with van der Waals surface area (Å²) in [6.45, 7) is 0.418. The topological polar surface area (TPSA) is 43.8 Å². The highest BCUT2D eigenvalue weighted by atomic mass is 19.1. The van der Waals surface area contributed by atoms with E-state index in [1.807, 2.05) is 0 Å². The van der Waals surface area contributed by atoms with Crippen molar-refractivity contribution in [2.24, 2.45) is 12.8 Å². The van der Waals surface area contributed by atoms with E-state index >= 15 is 0 Å². The molecule has 2 aromatic rings. The van der Waals surface area contributed by atoms with Crippen LogP contribution in [-0.2, 0) is 13.5 Å². The van der Waals surface area contributed by atoms with E-state index < -0.39 is 11.6 Å². The van der Waals surface area contributed by atoms with Crippen LogP contribution in [0.3, 0.4) is 0 Å². The third kappa shape index (κ3) is 2.34. The quantitative estimate of drug-likeness (QED) is 0.885. The fraction of sp³-hybridized carbons (Fsp3) is 0.250. The van der Waals surface area contributed by atoms with Gasteiger partial charge < -0.3 is 5.73 Å². The van der Waals surface area contributed by atoms with Gasteiger partial charge in [-0.3, -0.25) is 4.68 Å². The highest BCUT2D eigenvalue weighted by Gasteiger charge is 2.13. The molecule has 0 spiro atoms. The molecule has 0 aliphatic rings. The summed E-state index contributed by atoms with van der Waals surface area (Å²) in [6.07, 6.45) is 2.20. The van der Waals surface area contributed by atoms with Crippen LogP contribution < -0.4 is 5.73 Å². The highest BCUT2D eigenvalue weighted by Crippen LogP contribution is 2.26. The van der Waals surface area contributed by atoms with Gasteiger partial charge in [-0.2, -0.15) is 5.10 Å². The first-order valence-corrected chi connectivity index (χ1v) is 5.30. The Kier molecular flexibility index (Phi) is 3.19. The first kappa shape index (κ1) is 11.7. The molecular formula is C12H13F2N3. The lowest BCUT2D eigenvalue weighted by atomic mass is 10.0. The van der Waals surface area contributed by atoms with Crippen LogP contribution in [0.2, 0.25) is 0 Å². The molecule has 2 N–H and O–H groups in total. The SMILES string of the molecule is Cn1cc(-c2cc(F)ccc2F)c(CCN)n1. The minimum absolute atomic E-state index is 0.224. The van der Waals surface area contributed by atoms with E-state index in [-0.39, 0.29) is 5.56 Å². The number of aromatic nitrogens is 2. The van der Waals surface area contributed by atoms with E-state index in [1.54, 1.807) is 17.9 Å². The Bertz CT molecular complexity index is 535. The molecule has 1 aromatic heterocycles. The number of rotatable bonds is 3. The highest BCUT2D eigenvalue weighted by molar-refractivity contribution is 5.66. The maximum absolute atomic E-state index is 13.6. The fourth-order valence-corrected chi connectivity index (χ4v) is 1.78. The molecule has 2 rings (SSSR count). The molecular weight excluding hydrogens is 224 g/mol. The molecule has 90 valence electrons. The van der Waals surface area contributed by atoms with E-state index in [9.17, 15) is 8.78 Å². The third-order valence-electron chi connectivity index (χ3n) is 2.51. The number of halogens is 2. The lowest BCUT2D eigenvalue weighted by Gasteiger charge is -2.03. The Morgan fingerprint density at radius 2 is 2.06 bits per heavy atom. The van der Waals surface area contributed by atoms with Crippen LogP contribution in [0.5, 0.6) is 0 Å². The molecule has 3 nitrogen and oxygen atoms in total. The second kappa shape index (κ2) is 4.63. The molecule has 17 heavy (non-hydrogen) atoms. The molecule has 1 aromatic carbocycles. The van der Waals surface area contributed by atoms with Gasteiger partial charge in [0.05, 0.1) is 5.69 Å². The van der Waals surface area contributed by atoms with E-state index in [2.05, 4.69) is 5.10 Å². The van der Waals surface area contributed by atoms with Crippen LogP contribution in [-0.4, -0.2) is 16.3 Å². The van der Waals surface area contributed by atoms with Gasteiger partial charge >= 0.3 is 0 Å². The first-order valence-electron chi connectivity index (χ1n) is 5.30. The molecule has 0 aliphatic carbocycles. The zero-order chi connectivity index (χ0) is 12.4. The van der Waals surface area contributed by atoms with Crippen LogP contribution >= 0.6 is 0 Å². The largest absolute Gasteiger partial charge is 0.330 e. The lowest BCUT2D eigenvalue weighted by Crippen LogP contribution is -2.05. The molecule has 0 unspecified atom stereocenters. The van der Waals surface area contributed by atoms with Gasteiger partial charge in [-0.25, -0.2) is 8.78 Å². The Morgan fingerprint density at radius 1 is 1.29 bits per heavy atom. The summed E-state index contributed by atoms with van der Waals surface area (Å²) in [4.78, 5) is 0. The third-order valence-corrected chi connectivity index (χ3v) is 2.51. The monoisotopic (exact) mass is 237 g/mol. The summed E-state index contributed by atoms with van der Waals surface area (Å²) in [6, 6.07) is 3.38. The smallest absolute Gasteiger partial charge is 0.131 e. The minimum atomic E-state index is -0.469. The van der Waals surface area contributed by atoms with Gasteiger partial charge in [0, 0.05) is 30.8 Å². The molecule has 0 atom stereocenters. The second-order valence-electron chi connectivity index (χ2n) is 3.83. The van der Waals surface area contributed by atoms with Crippen molar-refractivity contribution in [3.05, 3.63) is 41.7 Å². The van der Waals surface area contributed by atoms with Gasteiger partial charge in [-0.1, -0.05) is 0 Å². The Balaban J connectivity index is 2.55. The summed E-state index contributed by atoms with van der Waals surface area (Å²) in [5.41, 5.74) is 6.96. The van der Waals surface area contributed by atoms with Gasteiger partial charge in [-0.05, 0) is 24.7 Å². The van der Waals surface area contributed by atoms with Crippen molar-refractivity contribution in [2.75, 3.05) is 6.54 Å². The molecule has 1 heterocycles. The van der Waals surface area contributed by atoms with Gasteiger partial charge in [0.25, 0.3) is 0 Å². The van der Waals surface area contributed by atoms with E-state index in [4.69, 9.17) is 5.73 Å². The number of nitrogens with two attached hydrogens (primary N) is 1. The molecule has 0 fully saturated rings. The van der Waals surface area contributed by atoms with Gasteiger partial charge in [-0.15, -0.1) is 0 Å². The van der Waals surface area contributed by atoms with Gasteiger partial charge in [0.1, 0.15) is 11.6 Å². The average molecular weight is 237 g/mol. The summed E-state index contributed by atoms with van der Waals surface area (Å²) in [5.74, 6) is -0.929. The Hall–Kier alpha value is -1.75. The van der Waals surface area contributed by atoms with Gasteiger partial charge in [0.2, 0.25) is 0 Å². The summed E-state index contributed by atoms with van der Waals surface area (Å²) in [7, 11) is 1.74. The van der Waals surface area contributed by atoms with E-state index in [0.29, 0.717) is 24.2 Å². The van der Waals surface area contributed by atoms with Crippen molar-refractivity contribution in [3.63, 3.8) is 0 Å². The second-order valence-corrected chi connectivity index (χ2v) is 3.83. The molecule has 0 amide bonds. The Morgan fingerprint density at radius 3 is 2.76 bits per heavy atom. The summed E-state index contributed by atoms with van der Waals surface area (Å²) >= 11 is 0. The molecule has 0 radical (unpaired) electrons. The number of nitrogens with zero attached hydrogens (tertiary/aromatic N) is 2. The zero-order valence-electron chi connectivity index (χ0n) is 9.45. The van der Waals surface area contributed by atoms with Crippen molar-refractivity contribution >= 4 is 0 Å². The molecule has 0 saturated carbocycles. The van der Waals surface area contributed by atoms with Crippen LogP contribution in [0, 0.1) is 11.6 Å². The fourth-order valence-electron chi connectivity index (χ4n) is 1.78. The van der Waals surface area contributed by atoms with Crippen LogP contribution in [0.1, 0.15) is 5.69 Å². The molecule has 0 aliphatic heterocycles. The molecule has 5 heteroatoms. The van der Waals surface area contributed by atoms with Gasteiger partial charge in [0.15, 0.2) is 0 Å². The van der Waals surface area contributed by atoms with E-state index in [1.165, 1.54) is 6.07 Å². The lowest BCUT2D eigenvalue weighted by molar-refractivity contribution is 0.603. The normalized spacial score (nSPS) is 10.8. The number of hydrogen-bond donors (Lipinski definition) is 1. The number of aryl methyl sites for hydroxylation is 1. The maximum Gasteiger partial charge on any atom is 0.131 e. The van der Waals surface area contributed by atoms with Crippen molar-refractivity contribution in [1.29, 1.82) is 0 Å². The van der Waals surface area contributed by atoms with Crippen molar-refractivity contribution in [2.45, 2.75) is 6.42 Å². The van der Waals surface area contributed by atoms with Crippen molar-refractivity contribution in [3.8, 4) is 11.1 Å². The molecule has 0 saturated heterocycles. The summed E-state index contributed by atoms with van der Waals surface area (Å²) in [5, 5.41) is 4.20. The predicted octanol–water partition coefficient (Wildman–Crippen LogP) is 1.87. The van der Waals surface area contributed by atoms with Crippen molar-refractivity contribution < 1.29 is 8.78 Å². The standard InChI is InChI=1S/C12H13F2N3/c1-17-7-10(12(16-17)4-5-15)9-6-8(13)2-3-11(9)14/h2-3,6-7H,4-5,15H2,1H3. The van der Waals surface area contributed by atoms with Crippen LogP contribution in [0.25, 0.3) is 11.1 Å². The first-order chi connectivity index (χ1) is 8.11. The maximum atomic E-state index is 13.6. The zero-order valence-corrected chi connectivity index (χ0v) is 9.45. The van der Waals surface area contributed by atoms with Crippen LogP contribution in [0.4, 0.5) is 8.78 Å². The van der Waals surface area contributed by atoms with E-state index in [0.717, 1.165) is 12.1 Å². The average Bonchev–Trinajstić information content (AvgIpc) is 2.64. The minimum Gasteiger partial charge on any atom is -0.330 e. The predicted molar refractivity (Wildman–Crippen MR) is 61.3 cm³/mol. The van der Waals surface area contributed by atoms with Crippen molar-refractivity contribution in [1.82, 2.24) is 9.78 Å². The van der Waals surface area contributed by atoms with Crippen LogP contribution in [0.15, 0.2) is 24.4 Å². The Labute approximate surface area is 97.9 Å². The molecule has 0 bridgehead atoms. The number of benzene rings is 1. The summed E-state index contributed by atoms with van der Waals surface area (Å²) < 4.78 is 28.4.